The van der Waals surface area contributed by atoms with Gasteiger partial charge in [0, 0.05) is 5.56 Å². The number of amides is 1. The van der Waals surface area contributed by atoms with Gasteiger partial charge in [-0.1, -0.05) is 13.8 Å². The van der Waals surface area contributed by atoms with Gasteiger partial charge in [-0.15, -0.1) is 0 Å². The first-order chi connectivity index (χ1) is 11.6. The van der Waals surface area contributed by atoms with Crippen LogP contribution >= 0.6 is 0 Å². The van der Waals surface area contributed by atoms with Crippen LogP contribution in [0.25, 0.3) is 11.3 Å². The van der Waals surface area contributed by atoms with Crippen molar-refractivity contribution in [2.24, 2.45) is 5.92 Å². The van der Waals surface area contributed by atoms with Gasteiger partial charge >= 0.3 is 0 Å². The molecule has 2 aromatic rings. The highest BCUT2D eigenvalue weighted by Crippen LogP contribution is 2.34. The van der Waals surface area contributed by atoms with Gasteiger partial charge in [-0.05, 0) is 24.1 Å². The minimum absolute atomic E-state index is 0.111. The van der Waals surface area contributed by atoms with Gasteiger partial charge in [0.25, 0.3) is 5.91 Å². The van der Waals surface area contributed by atoms with Crippen molar-refractivity contribution < 1.29 is 19.4 Å². The molecule has 24 heavy (non-hydrogen) atoms. The molecule has 1 aromatic carbocycles. The molecule has 1 aromatic heterocycles. The maximum absolute atomic E-state index is 12.5. The van der Waals surface area contributed by atoms with Crippen molar-refractivity contribution >= 4 is 5.91 Å². The number of benzene rings is 1. The number of aliphatic hydroxyl groups is 1. The van der Waals surface area contributed by atoms with E-state index in [9.17, 15) is 9.90 Å². The molecule has 7 nitrogen and oxygen atoms in total. The highest BCUT2D eigenvalue weighted by Gasteiger charge is 2.21. The Hall–Kier alpha value is -2.54. The largest absolute Gasteiger partial charge is 0.486 e. The third-order valence-electron chi connectivity index (χ3n) is 4.03. The molecule has 1 atom stereocenters. The first-order valence-corrected chi connectivity index (χ1v) is 7.95. The van der Waals surface area contributed by atoms with Crippen LogP contribution in [0.4, 0.5) is 0 Å². The Morgan fingerprint density at radius 2 is 2.08 bits per heavy atom. The van der Waals surface area contributed by atoms with E-state index in [2.05, 4.69) is 15.5 Å². The molecule has 0 saturated carbocycles. The van der Waals surface area contributed by atoms with Crippen LogP contribution in [0.15, 0.2) is 24.4 Å². The highest BCUT2D eigenvalue weighted by molar-refractivity contribution is 6.00. The van der Waals surface area contributed by atoms with E-state index in [1.54, 1.807) is 0 Å². The number of nitrogens with zero attached hydrogens (tertiary/aromatic N) is 1. The van der Waals surface area contributed by atoms with Crippen LogP contribution in [0.5, 0.6) is 11.5 Å². The van der Waals surface area contributed by atoms with Crippen molar-refractivity contribution in [1.82, 2.24) is 15.5 Å². The van der Waals surface area contributed by atoms with Gasteiger partial charge in [0.2, 0.25) is 0 Å². The van der Waals surface area contributed by atoms with Gasteiger partial charge in [0.15, 0.2) is 11.5 Å². The Labute approximate surface area is 140 Å². The van der Waals surface area contributed by atoms with Crippen molar-refractivity contribution in [3.63, 3.8) is 0 Å². The van der Waals surface area contributed by atoms with Crippen LogP contribution in [0.2, 0.25) is 0 Å². The summed E-state index contributed by atoms with van der Waals surface area (Å²) < 4.78 is 11.1. The fraction of sp³-hybridized carbons (Fsp3) is 0.412. The standard InChI is InChI=1S/C17H21N3O4/c1-10(2)13(9-21)19-17(22)12-8-18-20-16(12)11-3-4-14-15(7-11)24-6-5-23-14/h3-4,7-8,10,13,21H,5-6,9H2,1-2H3,(H,18,20)(H,19,22)/t13-/m0/s1. The molecular formula is C17H21N3O4. The fourth-order valence-electron chi connectivity index (χ4n) is 2.55. The Kier molecular flexibility index (Phi) is 4.71. The molecule has 0 bridgehead atoms. The lowest BCUT2D eigenvalue weighted by atomic mass is 10.0. The predicted octanol–water partition coefficient (Wildman–Crippen LogP) is 1.59. The number of hydrogen-bond donors (Lipinski definition) is 3. The molecule has 2 heterocycles. The van der Waals surface area contributed by atoms with Gasteiger partial charge in [-0.25, -0.2) is 0 Å². The van der Waals surface area contributed by atoms with Crippen LogP contribution in [0.1, 0.15) is 24.2 Å². The maximum atomic E-state index is 12.5. The van der Waals surface area contributed by atoms with Crippen molar-refractivity contribution in [3.8, 4) is 22.8 Å². The molecule has 128 valence electrons. The van der Waals surface area contributed by atoms with Gasteiger partial charge in [-0.2, -0.15) is 5.10 Å². The smallest absolute Gasteiger partial charge is 0.255 e. The van der Waals surface area contributed by atoms with E-state index in [-0.39, 0.29) is 24.5 Å². The number of carbonyl (C=O) groups is 1. The molecule has 1 aliphatic rings. The number of aliphatic hydroxyl groups excluding tert-OH is 1. The second kappa shape index (κ2) is 6.92. The van der Waals surface area contributed by atoms with E-state index in [1.807, 2.05) is 32.0 Å². The summed E-state index contributed by atoms with van der Waals surface area (Å²) in [6.07, 6.45) is 1.48. The zero-order chi connectivity index (χ0) is 17.1. The maximum Gasteiger partial charge on any atom is 0.255 e. The number of aromatic amines is 1. The summed E-state index contributed by atoms with van der Waals surface area (Å²) in [7, 11) is 0. The topological polar surface area (TPSA) is 96.5 Å². The van der Waals surface area contributed by atoms with E-state index in [1.165, 1.54) is 6.20 Å². The molecule has 3 rings (SSSR count). The van der Waals surface area contributed by atoms with Crippen molar-refractivity contribution in [2.75, 3.05) is 19.8 Å². The lowest BCUT2D eigenvalue weighted by Crippen LogP contribution is -2.41. The molecule has 0 saturated heterocycles. The molecule has 1 aliphatic heterocycles. The number of hydrogen-bond acceptors (Lipinski definition) is 5. The Morgan fingerprint density at radius 1 is 1.33 bits per heavy atom. The number of nitrogens with one attached hydrogen (secondary N) is 2. The first kappa shape index (κ1) is 16.3. The van der Waals surface area contributed by atoms with E-state index >= 15 is 0 Å². The summed E-state index contributed by atoms with van der Waals surface area (Å²) in [6.45, 7) is 4.80. The number of rotatable bonds is 5. The predicted molar refractivity (Wildman–Crippen MR) is 88.2 cm³/mol. The molecule has 0 spiro atoms. The summed E-state index contributed by atoms with van der Waals surface area (Å²) in [5, 5.41) is 19.1. The van der Waals surface area contributed by atoms with Crippen LogP contribution in [0.3, 0.4) is 0 Å². The molecule has 0 radical (unpaired) electrons. The number of H-pyrrole nitrogens is 1. The molecule has 3 N–H and O–H groups in total. The van der Waals surface area contributed by atoms with Crippen molar-refractivity contribution in [1.29, 1.82) is 0 Å². The normalized spacial score (nSPS) is 14.5. The van der Waals surface area contributed by atoms with Gasteiger partial charge < -0.3 is 19.9 Å². The number of ether oxygens (including phenoxy) is 2. The quantitative estimate of drug-likeness (QED) is 0.773. The monoisotopic (exact) mass is 331 g/mol. The lowest BCUT2D eigenvalue weighted by molar-refractivity contribution is 0.0897. The van der Waals surface area contributed by atoms with Crippen LogP contribution in [0, 0.1) is 5.92 Å². The Bertz CT molecular complexity index is 726. The molecule has 0 unspecified atom stereocenters. The molecule has 7 heteroatoms. The Morgan fingerprint density at radius 3 is 2.79 bits per heavy atom. The minimum atomic E-state index is -0.305. The van der Waals surface area contributed by atoms with Gasteiger partial charge in [-0.3, -0.25) is 9.89 Å². The zero-order valence-corrected chi connectivity index (χ0v) is 13.7. The van der Waals surface area contributed by atoms with Crippen molar-refractivity contribution in [3.05, 3.63) is 30.0 Å². The van der Waals surface area contributed by atoms with Crippen molar-refractivity contribution in [2.45, 2.75) is 19.9 Å². The third-order valence-corrected chi connectivity index (χ3v) is 4.03. The van der Waals surface area contributed by atoms with E-state index < -0.39 is 0 Å². The highest BCUT2D eigenvalue weighted by atomic mass is 16.6. The average molecular weight is 331 g/mol. The SMILES string of the molecule is CC(C)[C@H](CO)NC(=O)c1cn[nH]c1-c1ccc2c(c1)OCCO2. The number of carbonyl (C=O) groups excluding carboxylic acids is 1. The molecular weight excluding hydrogens is 310 g/mol. The lowest BCUT2D eigenvalue weighted by Gasteiger charge is -2.20. The fourth-order valence-corrected chi connectivity index (χ4v) is 2.55. The zero-order valence-electron chi connectivity index (χ0n) is 13.7. The third kappa shape index (κ3) is 3.21. The summed E-state index contributed by atoms with van der Waals surface area (Å²) in [5.41, 5.74) is 1.81. The number of aromatic nitrogens is 2. The second-order valence-electron chi connectivity index (χ2n) is 6.02. The molecule has 0 aliphatic carbocycles. The molecule has 0 fully saturated rings. The van der Waals surface area contributed by atoms with E-state index in [0.29, 0.717) is 36.0 Å². The summed E-state index contributed by atoms with van der Waals surface area (Å²) >= 11 is 0. The van der Waals surface area contributed by atoms with Gasteiger partial charge in [0.05, 0.1) is 30.1 Å². The average Bonchev–Trinajstić information content (AvgIpc) is 3.08. The first-order valence-electron chi connectivity index (χ1n) is 7.95. The van der Waals surface area contributed by atoms with Gasteiger partial charge in [0.1, 0.15) is 13.2 Å². The summed E-state index contributed by atoms with van der Waals surface area (Å²) in [5.74, 6) is 1.19. The van der Waals surface area contributed by atoms with E-state index in [4.69, 9.17) is 9.47 Å². The van der Waals surface area contributed by atoms with Crippen LogP contribution < -0.4 is 14.8 Å². The summed E-state index contributed by atoms with van der Waals surface area (Å²) in [6, 6.07) is 5.19. The number of fused-ring (bicyclic) bond motifs is 1. The minimum Gasteiger partial charge on any atom is -0.486 e. The summed E-state index contributed by atoms with van der Waals surface area (Å²) in [4.78, 5) is 12.5. The van der Waals surface area contributed by atoms with Crippen LogP contribution in [-0.4, -0.2) is 47.1 Å². The van der Waals surface area contributed by atoms with Crippen LogP contribution in [-0.2, 0) is 0 Å². The second-order valence-corrected chi connectivity index (χ2v) is 6.02. The Balaban J connectivity index is 1.86. The molecule has 1 amide bonds. The van der Waals surface area contributed by atoms with E-state index in [0.717, 1.165) is 5.56 Å².